The molecule has 0 spiro atoms. The van der Waals surface area contributed by atoms with Crippen LogP contribution in [0.1, 0.15) is 13.8 Å². The first-order valence-electron chi connectivity index (χ1n) is 2.32. The zero-order valence-electron chi connectivity index (χ0n) is 4.51. The molecule has 1 unspecified atom stereocenters. The average molecular weight is 114 g/mol. The molecule has 0 fully saturated rings. The summed E-state index contributed by atoms with van der Waals surface area (Å²) in [5.41, 5.74) is 1.90. The summed E-state index contributed by atoms with van der Waals surface area (Å²) in [4.78, 5) is 4.07. The van der Waals surface area contributed by atoms with E-state index in [1.165, 1.54) is 6.04 Å². The van der Waals surface area contributed by atoms with Crippen molar-refractivity contribution in [3.05, 3.63) is 6.04 Å². The van der Waals surface area contributed by atoms with Gasteiger partial charge in [-0.2, -0.15) is 0 Å². The van der Waals surface area contributed by atoms with E-state index in [0.717, 1.165) is 0 Å². The van der Waals surface area contributed by atoms with Crippen LogP contribution in [0.2, 0.25) is 0 Å². The minimum Gasteiger partial charge on any atom is -0.276 e. The second-order valence-corrected chi connectivity index (χ2v) is 2.84. The molecule has 1 nitrogen and oxygen atoms in total. The third kappa shape index (κ3) is 0.969. The number of thioether (sulfide) groups is 1. The van der Waals surface area contributed by atoms with Gasteiger partial charge < -0.3 is 0 Å². The zero-order chi connectivity index (χ0) is 5.28. The summed E-state index contributed by atoms with van der Waals surface area (Å²) in [6.45, 7) is 4.22. The van der Waals surface area contributed by atoms with Crippen molar-refractivity contribution in [2.45, 2.75) is 19.1 Å². The molecule has 1 aliphatic rings. The van der Waals surface area contributed by atoms with Crippen molar-refractivity contribution in [1.82, 2.24) is 0 Å². The lowest BCUT2D eigenvalue weighted by atomic mass is 10.3. The normalized spacial score (nSPS) is 32.0. The van der Waals surface area contributed by atoms with E-state index in [4.69, 9.17) is 0 Å². The molecule has 1 radical (unpaired) electrons. The summed E-state index contributed by atoms with van der Waals surface area (Å²) < 4.78 is 0. The van der Waals surface area contributed by atoms with Gasteiger partial charge in [0.15, 0.2) is 0 Å². The van der Waals surface area contributed by atoms with Gasteiger partial charge in [0, 0.05) is 5.25 Å². The van der Waals surface area contributed by atoms with Crippen molar-refractivity contribution >= 4 is 17.3 Å². The predicted octanol–water partition coefficient (Wildman–Crippen LogP) is 1.70. The Morgan fingerprint density at radius 2 is 2.57 bits per heavy atom. The fraction of sp³-hybridized carbons (Fsp3) is 0.600. The van der Waals surface area contributed by atoms with E-state index in [-0.39, 0.29) is 0 Å². The lowest BCUT2D eigenvalue weighted by Crippen LogP contribution is -1.97. The van der Waals surface area contributed by atoms with Gasteiger partial charge in [-0.1, -0.05) is 6.92 Å². The van der Waals surface area contributed by atoms with E-state index in [1.807, 2.05) is 5.55 Å². The minimum absolute atomic E-state index is 0.625. The van der Waals surface area contributed by atoms with Gasteiger partial charge in [-0.3, -0.25) is 4.99 Å². The summed E-state index contributed by atoms with van der Waals surface area (Å²) in [7, 11) is 0. The van der Waals surface area contributed by atoms with E-state index < -0.39 is 0 Å². The molecule has 0 saturated carbocycles. The Bertz CT molecular complexity index is 90.1. The number of nitrogens with zero attached hydrogens (tertiary/aromatic N) is 1. The van der Waals surface area contributed by atoms with Gasteiger partial charge in [-0.25, -0.2) is 0 Å². The van der Waals surface area contributed by atoms with E-state index >= 15 is 0 Å². The lowest BCUT2D eigenvalue weighted by molar-refractivity contribution is 0.929. The van der Waals surface area contributed by atoms with Crippen LogP contribution in [0.25, 0.3) is 0 Å². The Morgan fingerprint density at radius 1 is 1.86 bits per heavy atom. The summed E-state index contributed by atoms with van der Waals surface area (Å²) in [5, 5.41) is 0.625. The number of rotatable bonds is 0. The summed E-state index contributed by atoms with van der Waals surface area (Å²) in [5.74, 6) is 0. The molecule has 0 aromatic heterocycles. The average Bonchev–Trinajstić information content (AvgIpc) is 1.91. The Labute approximate surface area is 48.2 Å². The van der Waals surface area contributed by atoms with Crippen LogP contribution in [-0.2, 0) is 0 Å². The highest BCUT2D eigenvalue weighted by Gasteiger charge is 2.14. The van der Waals surface area contributed by atoms with E-state index in [9.17, 15) is 0 Å². The predicted molar refractivity (Wildman–Crippen MR) is 34.5 cm³/mol. The molecule has 0 aromatic carbocycles. The van der Waals surface area contributed by atoms with Crippen LogP contribution in [0.15, 0.2) is 4.99 Å². The van der Waals surface area contributed by atoms with Crippen LogP contribution in [0.4, 0.5) is 0 Å². The Balaban J connectivity index is 2.45. The molecule has 2 heteroatoms. The van der Waals surface area contributed by atoms with Crippen molar-refractivity contribution in [2.75, 3.05) is 0 Å². The molecular formula is C5H8NS. The van der Waals surface area contributed by atoms with Gasteiger partial charge in [-0.05, 0) is 6.92 Å². The third-order valence-corrected chi connectivity index (χ3v) is 2.09. The SMILES string of the molecule is C[C]1N=CSC1C. The highest BCUT2D eigenvalue weighted by atomic mass is 32.2. The summed E-state index contributed by atoms with van der Waals surface area (Å²) >= 11 is 1.78. The first-order valence-corrected chi connectivity index (χ1v) is 3.26. The third-order valence-electron chi connectivity index (χ3n) is 1.11. The van der Waals surface area contributed by atoms with Crippen molar-refractivity contribution in [3.63, 3.8) is 0 Å². The Kier molecular flexibility index (Phi) is 1.38. The maximum Gasteiger partial charge on any atom is 0.0963 e. The molecule has 0 amide bonds. The van der Waals surface area contributed by atoms with Gasteiger partial charge in [0.1, 0.15) is 0 Å². The lowest BCUT2D eigenvalue weighted by Gasteiger charge is -2.00. The van der Waals surface area contributed by atoms with Crippen molar-refractivity contribution in [1.29, 1.82) is 0 Å². The first-order chi connectivity index (χ1) is 3.30. The number of hydrogen-bond acceptors (Lipinski definition) is 2. The summed E-state index contributed by atoms with van der Waals surface area (Å²) in [6, 6.07) is 1.24. The van der Waals surface area contributed by atoms with Crippen LogP contribution < -0.4 is 0 Å². The molecular weight excluding hydrogens is 106 g/mol. The second-order valence-electron chi connectivity index (χ2n) is 1.65. The van der Waals surface area contributed by atoms with Crippen LogP contribution in [0.3, 0.4) is 0 Å². The molecule has 0 aliphatic carbocycles. The highest BCUT2D eigenvalue weighted by molar-refractivity contribution is 8.13. The van der Waals surface area contributed by atoms with Crippen LogP contribution in [0.5, 0.6) is 0 Å². The van der Waals surface area contributed by atoms with Gasteiger partial charge in [-0.15, -0.1) is 11.8 Å². The molecule has 0 saturated heterocycles. The second kappa shape index (κ2) is 1.86. The number of hydrogen-bond donors (Lipinski definition) is 0. The molecule has 39 valence electrons. The van der Waals surface area contributed by atoms with Gasteiger partial charge in [0.05, 0.1) is 11.6 Å². The quantitative estimate of drug-likeness (QED) is 0.467. The first kappa shape index (κ1) is 5.16. The standard InChI is InChI=1S/C5H8NS/c1-4-5(2)7-3-6-4/h3,5H,1-2H3. The van der Waals surface area contributed by atoms with Gasteiger partial charge >= 0.3 is 0 Å². The van der Waals surface area contributed by atoms with Crippen LogP contribution in [0, 0.1) is 6.04 Å². The topological polar surface area (TPSA) is 12.4 Å². The molecule has 0 aromatic rings. The molecule has 1 aliphatic heterocycles. The van der Waals surface area contributed by atoms with Gasteiger partial charge in [0.2, 0.25) is 0 Å². The van der Waals surface area contributed by atoms with Crippen molar-refractivity contribution in [3.8, 4) is 0 Å². The number of aliphatic imine (C=N–C) groups is 1. The molecule has 0 bridgehead atoms. The Morgan fingerprint density at radius 3 is 2.71 bits per heavy atom. The molecule has 1 atom stereocenters. The molecule has 1 rings (SSSR count). The van der Waals surface area contributed by atoms with E-state index in [0.29, 0.717) is 5.25 Å². The van der Waals surface area contributed by atoms with Crippen LogP contribution in [-0.4, -0.2) is 10.8 Å². The Hall–Kier alpha value is 0.0200. The van der Waals surface area contributed by atoms with E-state index in [1.54, 1.807) is 11.8 Å². The molecule has 7 heavy (non-hydrogen) atoms. The van der Waals surface area contributed by atoms with Gasteiger partial charge in [0.25, 0.3) is 0 Å². The fourth-order valence-electron chi connectivity index (χ4n) is 0.408. The van der Waals surface area contributed by atoms with Crippen molar-refractivity contribution in [2.24, 2.45) is 4.99 Å². The fourth-order valence-corrected chi connectivity index (χ4v) is 1.08. The summed E-state index contributed by atoms with van der Waals surface area (Å²) in [6.07, 6.45) is 0. The van der Waals surface area contributed by atoms with E-state index in [2.05, 4.69) is 18.8 Å². The molecule has 0 N–H and O–H groups in total. The highest BCUT2D eigenvalue weighted by Crippen LogP contribution is 2.25. The largest absolute Gasteiger partial charge is 0.276 e. The van der Waals surface area contributed by atoms with Crippen molar-refractivity contribution < 1.29 is 0 Å². The molecule has 1 heterocycles. The minimum atomic E-state index is 0.625. The maximum absolute atomic E-state index is 4.07. The zero-order valence-corrected chi connectivity index (χ0v) is 5.33. The maximum atomic E-state index is 4.07. The van der Waals surface area contributed by atoms with Crippen LogP contribution >= 0.6 is 11.8 Å². The smallest absolute Gasteiger partial charge is 0.0963 e. The monoisotopic (exact) mass is 114 g/mol.